The molecule has 0 bridgehead atoms. The van der Waals surface area contributed by atoms with Gasteiger partial charge >= 0.3 is 5.97 Å². The lowest BCUT2D eigenvalue weighted by Gasteiger charge is -2.12. The van der Waals surface area contributed by atoms with Crippen LogP contribution >= 0.6 is 0 Å². The summed E-state index contributed by atoms with van der Waals surface area (Å²) < 4.78 is 0. The highest BCUT2D eigenvalue weighted by Crippen LogP contribution is 2.23. The highest BCUT2D eigenvalue weighted by molar-refractivity contribution is 5.76. The third-order valence-electron chi connectivity index (χ3n) is 2.26. The molecule has 74 valence electrons. The molecule has 2 nitrogen and oxygen atoms in total. The first-order chi connectivity index (χ1) is 6.66. The standard InChI is InChI=1S/C12H14O2/c1-3-6-11(12(13)14)10-8-5-4-7-9(10)2/h3-5,7-8,11H,1,6H2,2H3,(H,13,14). The second kappa shape index (κ2) is 4.61. The molecule has 0 radical (unpaired) electrons. The quantitative estimate of drug-likeness (QED) is 0.741. The molecule has 0 amide bonds. The first-order valence-corrected chi connectivity index (χ1v) is 4.56. The summed E-state index contributed by atoms with van der Waals surface area (Å²) in [5.41, 5.74) is 1.89. The second-order valence-corrected chi connectivity index (χ2v) is 3.27. The predicted molar refractivity (Wildman–Crippen MR) is 56.4 cm³/mol. The molecule has 0 saturated heterocycles. The summed E-state index contributed by atoms with van der Waals surface area (Å²) in [5, 5.41) is 9.03. The Bertz CT molecular complexity index is 342. The average Bonchev–Trinajstić information content (AvgIpc) is 2.15. The van der Waals surface area contributed by atoms with Crippen molar-refractivity contribution in [3.63, 3.8) is 0 Å². The Labute approximate surface area is 83.9 Å². The molecule has 1 aromatic rings. The lowest BCUT2D eigenvalue weighted by molar-refractivity contribution is -0.138. The van der Waals surface area contributed by atoms with Crippen LogP contribution in [0.2, 0.25) is 0 Å². The zero-order valence-corrected chi connectivity index (χ0v) is 8.23. The van der Waals surface area contributed by atoms with E-state index in [4.69, 9.17) is 5.11 Å². The Kier molecular flexibility index (Phi) is 3.46. The molecule has 0 aliphatic carbocycles. The van der Waals surface area contributed by atoms with E-state index in [2.05, 4.69) is 6.58 Å². The van der Waals surface area contributed by atoms with Crippen LogP contribution in [0.3, 0.4) is 0 Å². The molecule has 14 heavy (non-hydrogen) atoms. The molecule has 0 spiro atoms. The van der Waals surface area contributed by atoms with Crippen molar-refractivity contribution in [3.05, 3.63) is 48.0 Å². The van der Waals surface area contributed by atoms with Crippen molar-refractivity contribution in [2.45, 2.75) is 19.3 Å². The summed E-state index contributed by atoms with van der Waals surface area (Å²) in [6.45, 7) is 5.50. The summed E-state index contributed by atoms with van der Waals surface area (Å²) in [4.78, 5) is 11.0. The third kappa shape index (κ3) is 2.22. The van der Waals surface area contributed by atoms with Gasteiger partial charge in [0.1, 0.15) is 0 Å². The van der Waals surface area contributed by atoms with Crippen LogP contribution in [0.5, 0.6) is 0 Å². The van der Waals surface area contributed by atoms with Crippen LogP contribution in [0.1, 0.15) is 23.5 Å². The lowest BCUT2D eigenvalue weighted by Crippen LogP contribution is -2.11. The molecule has 2 heteroatoms. The number of hydrogen-bond donors (Lipinski definition) is 1. The van der Waals surface area contributed by atoms with Crippen LogP contribution in [0.4, 0.5) is 0 Å². The van der Waals surface area contributed by atoms with Gasteiger partial charge in [0.25, 0.3) is 0 Å². The molecule has 0 saturated carbocycles. The van der Waals surface area contributed by atoms with E-state index < -0.39 is 11.9 Å². The van der Waals surface area contributed by atoms with Gasteiger partial charge < -0.3 is 5.11 Å². The van der Waals surface area contributed by atoms with Gasteiger partial charge in [-0.05, 0) is 24.5 Å². The molecule has 0 heterocycles. The second-order valence-electron chi connectivity index (χ2n) is 3.27. The van der Waals surface area contributed by atoms with Gasteiger partial charge in [0, 0.05) is 0 Å². The monoisotopic (exact) mass is 190 g/mol. The lowest BCUT2D eigenvalue weighted by atomic mass is 9.92. The van der Waals surface area contributed by atoms with E-state index in [0.717, 1.165) is 11.1 Å². The predicted octanol–water partition coefficient (Wildman–Crippen LogP) is 2.74. The minimum atomic E-state index is -0.792. The Hall–Kier alpha value is -1.57. The van der Waals surface area contributed by atoms with Crippen molar-refractivity contribution >= 4 is 5.97 Å². The Morgan fingerprint density at radius 2 is 2.21 bits per heavy atom. The smallest absolute Gasteiger partial charge is 0.311 e. The highest BCUT2D eigenvalue weighted by Gasteiger charge is 2.19. The van der Waals surface area contributed by atoms with Crippen LogP contribution in [0, 0.1) is 6.92 Å². The van der Waals surface area contributed by atoms with Crippen molar-refractivity contribution < 1.29 is 9.90 Å². The largest absolute Gasteiger partial charge is 0.481 e. The zero-order valence-electron chi connectivity index (χ0n) is 8.23. The Morgan fingerprint density at radius 1 is 1.57 bits per heavy atom. The number of hydrogen-bond acceptors (Lipinski definition) is 1. The van der Waals surface area contributed by atoms with E-state index >= 15 is 0 Å². The number of aliphatic carboxylic acids is 1. The number of aryl methyl sites for hydroxylation is 1. The van der Waals surface area contributed by atoms with Crippen molar-refractivity contribution in [1.82, 2.24) is 0 Å². The van der Waals surface area contributed by atoms with Gasteiger partial charge in [0.2, 0.25) is 0 Å². The Balaban J connectivity index is 3.04. The van der Waals surface area contributed by atoms with E-state index in [-0.39, 0.29) is 0 Å². The van der Waals surface area contributed by atoms with Gasteiger partial charge in [-0.2, -0.15) is 0 Å². The Morgan fingerprint density at radius 3 is 2.71 bits per heavy atom. The molecule has 1 rings (SSSR count). The van der Waals surface area contributed by atoms with E-state index in [0.29, 0.717) is 6.42 Å². The number of carbonyl (C=O) groups is 1. The maximum Gasteiger partial charge on any atom is 0.311 e. The molecule has 0 aliphatic rings. The molecule has 0 aliphatic heterocycles. The van der Waals surface area contributed by atoms with Gasteiger partial charge in [-0.15, -0.1) is 6.58 Å². The van der Waals surface area contributed by atoms with Crippen molar-refractivity contribution in [3.8, 4) is 0 Å². The first kappa shape index (κ1) is 10.5. The molecule has 0 fully saturated rings. The highest BCUT2D eigenvalue weighted by atomic mass is 16.4. The van der Waals surface area contributed by atoms with Crippen LogP contribution in [0.15, 0.2) is 36.9 Å². The first-order valence-electron chi connectivity index (χ1n) is 4.56. The van der Waals surface area contributed by atoms with E-state index in [1.807, 2.05) is 31.2 Å². The molecule has 1 aromatic carbocycles. The van der Waals surface area contributed by atoms with Crippen LogP contribution < -0.4 is 0 Å². The number of carboxylic acid groups (broad SMARTS) is 1. The third-order valence-corrected chi connectivity index (χ3v) is 2.26. The summed E-state index contributed by atoms with van der Waals surface area (Å²) >= 11 is 0. The summed E-state index contributed by atoms with van der Waals surface area (Å²) in [6, 6.07) is 7.55. The maximum absolute atomic E-state index is 11.0. The topological polar surface area (TPSA) is 37.3 Å². The molecule has 1 unspecified atom stereocenters. The van der Waals surface area contributed by atoms with Gasteiger partial charge in [0.15, 0.2) is 0 Å². The van der Waals surface area contributed by atoms with Crippen molar-refractivity contribution in [2.24, 2.45) is 0 Å². The maximum atomic E-state index is 11.0. The fraction of sp³-hybridized carbons (Fsp3) is 0.250. The number of rotatable bonds is 4. The van der Waals surface area contributed by atoms with Crippen LogP contribution in [-0.4, -0.2) is 11.1 Å². The van der Waals surface area contributed by atoms with E-state index in [1.54, 1.807) is 6.08 Å². The molecular formula is C12H14O2. The summed E-state index contributed by atoms with van der Waals surface area (Å²) in [5.74, 6) is -1.26. The van der Waals surface area contributed by atoms with Crippen molar-refractivity contribution in [2.75, 3.05) is 0 Å². The van der Waals surface area contributed by atoms with Gasteiger partial charge in [-0.25, -0.2) is 0 Å². The normalized spacial score (nSPS) is 12.1. The fourth-order valence-electron chi connectivity index (χ4n) is 1.51. The minimum Gasteiger partial charge on any atom is -0.481 e. The van der Waals surface area contributed by atoms with Crippen LogP contribution in [0.25, 0.3) is 0 Å². The number of carboxylic acids is 1. The minimum absolute atomic E-state index is 0.464. The summed E-state index contributed by atoms with van der Waals surface area (Å²) in [6.07, 6.45) is 2.12. The van der Waals surface area contributed by atoms with Gasteiger partial charge in [-0.3, -0.25) is 4.79 Å². The van der Waals surface area contributed by atoms with E-state index in [1.165, 1.54) is 0 Å². The fourth-order valence-corrected chi connectivity index (χ4v) is 1.51. The van der Waals surface area contributed by atoms with Crippen molar-refractivity contribution in [1.29, 1.82) is 0 Å². The number of benzene rings is 1. The molecule has 1 atom stereocenters. The molecule has 1 N–H and O–H groups in total. The van der Waals surface area contributed by atoms with Crippen LogP contribution in [-0.2, 0) is 4.79 Å². The average molecular weight is 190 g/mol. The molecular weight excluding hydrogens is 176 g/mol. The van der Waals surface area contributed by atoms with Gasteiger partial charge in [-0.1, -0.05) is 30.3 Å². The van der Waals surface area contributed by atoms with E-state index in [9.17, 15) is 4.79 Å². The summed E-state index contributed by atoms with van der Waals surface area (Å²) in [7, 11) is 0. The number of allylic oxidation sites excluding steroid dienone is 1. The SMILES string of the molecule is C=CCC(C(=O)O)c1ccccc1C. The molecule has 0 aromatic heterocycles. The van der Waals surface area contributed by atoms with Gasteiger partial charge in [0.05, 0.1) is 5.92 Å². The zero-order chi connectivity index (χ0) is 10.6.